The SMILES string of the molecule is CC(C)(C)OC(=O)N(CCO)C1CCCC1. The fraction of sp³-hybridized carbons (Fsp3) is 0.917. The van der Waals surface area contributed by atoms with Crippen LogP contribution in [0.2, 0.25) is 0 Å². The van der Waals surface area contributed by atoms with Crippen molar-refractivity contribution in [1.29, 1.82) is 0 Å². The van der Waals surface area contributed by atoms with Crippen LogP contribution >= 0.6 is 0 Å². The standard InChI is InChI=1S/C12H23NO3/c1-12(2,3)16-11(15)13(8-9-14)10-6-4-5-7-10/h10,14H,4-9H2,1-3H3. The molecule has 0 spiro atoms. The first-order valence-corrected chi connectivity index (χ1v) is 6.04. The number of aliphatic hydroxyl groups is 1. The second-order valence-corrected chi connectivity index (χ2v) is 5.34. The van der Waals surface area contributed by atoms with Crippen LogP contribution in [0.25, 0.3) is 0 Å². The molecule has 0 unspecified atom stereocenters. The van der Waals surface area contributed by atoms with E-state index in [2.05, 4.69) is 0 Å². The fourth-order valence-corrected chi connectivity index (χ4v) is 2.07. The highest BCUT2D eigenvalue weighted by molar-refractivity contribution is 5.68. The van der Waals surface area contributed by atoms with Gasteiger partial charge in [0.1, 0.15) is 5.60 Å². The minimum absolute atomic E-state index is 0.00422. The third-order valence-electron chi connectivity index (χ3n) is 2.73. The Balaban J connectivity index is 2.57. The summed E-state index contributed by atoms with van der Waals surface area (Å²) in [6, 6.07) is 0.252. The minimum atomic E-state index is -0.469. The molecule has 0 aromatic rings. The number of carbonyl (C=O) groups excluding carboxylic acids is 1. The number of rotatable bonds is 3. The summed E-state index contributed by atoms with van der Waals surface area (Å²) in [4.78, 5) is 13.6. The molecule has 0 aromatic heterocycles. The summed E-state index contributed by atoms with van der Waals surface area (Å²) in [5, 5.41) is 8.99. The highest BCUT2D eigenvalue weighted by Gasteiger charge is 2.29. The molecule has 0 aliphatic heterocycles. The van der Waals surface area contributed by atoms with Crippen LogP contribution in [0.5, 0.6) is 0 Å². The number of hydrogen-bond donors (Lipinski definition) is 1. The van der Waals surface area contributed by atoms with Crippen molar-refractivity contribution in [2.45, 2.75) is 58.1 Å². The second-order valence-electron chi connectivity index (χ2n) is 5.34. The molecule has 1 N–H and O–H groups in total. The zero-order chi connectivity index (χ0) is 12.2. The molecule has 0 heterocycles. The van der Waals surface area contributed by atoms with Crippen LogP contribution in [0.1, 0.15) is 46.5 Å². The molecular formula is C12H23NO3. The molecule has 0 bridgehead atoms. The van der Waals surface area contributed by atoms with Gasteiger partial charge in [0, 0.05) is 12.6 Å². The van der Waals surface area contributed by atoms with Gasteiger partial charge in [-0.3, -0.25) is 0 Å². The molecule has 1 amide bonds. The van der Waals surface area contributed by atoms with Crippen LogP contribution < -0.4 is 0 Å². The van der Waals surface area contributed by atoms with Crippen molar-refractivity contribution in [2.24, 2.45) is 0 Å². The van der Waals surface area contributed by atoms with Crippen molar-refractivity contribution < 1.29 is 14.6 Å². The molecule has 0 atom stereocenters. The van der Waals surface area contributed by atoms with Gasteiger partial charge in [-0.1, -0.05) is 12.8 Å². The number of nitrogens with zero attached hydrogens (tertiary/aromatic N) is 1. The predicted molar refractivity (Wildman–Crippen MR) is 62.3 cm³/mol. The third kappa shape index (κ3) is 4.00. The lowest BCUT2D eigenvalue weighted by Gasteiger charge is -2.31. The number of amides is 1. The molecule has 0 saturated heterocycles. The van der Waals surface area contributed by atoms with Gasteiger partial charge in [0.05, 0.1) is 6.61 Å². The molecule has 0 aromatic carbocycles. The van der Waals surface area contributed by atoms with E-state index >= 15 is 0 Å². The van der Waals surface area contributed by atoms with Crippen molar-refractivity contribution >= 4 is 6.09 Å². The van der Waals surface area contributed by atoms with Crippen LogP contribution in [0.15, 0.2) is 0 Å². The summed E-state index contributed by atoms with van der Waals surface area (Å²) < 4.78 is 5.34. The Kier molecular flexibility index (Phi) is 4.59. The largest absolute Gasteiger partial charge is 0.444 e. The van der Waals surface area contributed by atoms with E-state index in [1.807, 2.05) is 20.8 Å². The van der Waals surface area contributed by atoms with E-state index in [0.29, 0.717) is 6.54 Å². The zero-order valence-electron chi connectivity index (χ0n) is 10.5. The Bertz CT molecular complexity index is 229. The zero-order valence-corrected chi connectivity index (χ0v) is 10.5. The molecule has 1 aliphatic carbocycles. The Morgan fingerprint density at radius 1 is 1.38 bits per heavy atom. The molecule has 1 fully saturated rings. The normalized spacial score (nSPS) is 17.5. The molecule has 4 nitrogen and oxygen atoms in total. The molecule has 0 radical (unpaired) electrons. The summed E-state index contributed by atoms with van der Waals surface area (Å²) in [6.45, 7) is 5.94. The Hall–Kier alpha value is -0.770. The molecule has 4 heteroatoms. The Morgan fingerprint density at radius 3 is 2.38 bits per heavy atom. The van der Waals surface area contributed by atoms with Crippen molar-refractivity contribution in [1.82, 2.24) is 4.90 Å². The number of aliphatic hydroxyl groups excluding tert-OH is 1. The summed E-state index contributed by atoms with van der Waals surface area (Å²) in [5.74, 6) is 0. The first-order valence-electron chi connectivity index (χ1n) is 6.04. The van der Waals surface area contributed by atoms with E-state index in [9.17, 15) is 4.79 Å². The minimum Gasteiger partial charge on any atom is -0.444 e. The highest BCUT2D eigenvalue weighted by Crippen LogP contribution is 2.24. The molecule has 1 rings (SSSR count). The van der Waals surface area contributed by atoms with Gasteiger partial charge in [-0.15, -0.1) is 0 Å². The second kappa shape index (κ2) is 5.53. The first kappa shape index (κ1) is 13.3. The Morgan fingerprint density at radius 2 is 1.94 bits per heavy atom. The quantitative estimate of drug-likeness (QED) is 0.806. The number of ether oxygens (including phenoxy) is 1. The maximum Gasteiger partial charge on any atom is 0.410 e. The topological polar surface area (TPSA) is 49.8 Å². The van der Waals surface area contributed by atoms with Crippen LogP contribution in [0, 0.1) is 0 Å². The van der Waals surface area contributed by atoms with E-state index in [1.54, 1.807) is 4.90 Å². The van der Waals surface area contributed by atoms with Gasteiger partial charge in [0.15, 0.2) is 0 Å². The lowest BCUT2D eigenvalue weighted by molar-refractivity contribution is 0.0129. The maximum atomic E-state index is 11.9. The van der Waals surface area contributed by atoms with E-state index < -0.39 is 5.60 Å². The van der Waals surface area contributed by atoms with E-state index in [0.717, 1.165) is 25.7 Å². The lowest BCUT2D eigenvalue weighted by atomic mass is 10.2. The van der Waals surface area contributed by atoms with E-state index in [-0.39, 0.29) is 18.7 Å². The molecule has 1 saturated carbocycles. The van der Waals surface area contributed by atoms with Crippen molar-refractivity contribution in [3.8, 4) is 0 Å². The monoisotopic (exact) mass is 229 g/mol. The van der Waals surface area contributed by atoms with Gasteiger partial charge in [-0.2, -0.15) is 0 Å². The van der Waals surface area contributed by atoms with E-state index in [4.69, 9.17) is 9.84 Å². The number of carbonyl (C=O) groups is 1. The van der Waals surface area contributed by atoms with Gasteiger partial charge in [-0.25, -0.2) is 4.79 Å². The van der Waals surface area contributed by atoms with Crippen LogP contribution in [-0.2, 0) is 4.74 Å². The van der Waals surface area contributed by atoms with Gasteiger partial charge >= 0.3 is 6.09 Å². The van der Waals surface area contributed by atoms with Gasteiger partial charge in [0.25, 0.3) is 0 Å². The van der Waals surface area contributed by atoms with Crippen molar-refractivity contribution in [2.75, 3.05) is 13.2 Å². The molecule has 1 aliphatic rings. The van der Waals surface area contributed by atoms with Crippen molar-refractivity contribution in [3.63, 3.8) is 0 Å². The van der Waals surface area contributed by atoms with Crippen LogP contribution in [0.4, 0.5) is 4.79 Å². The predicted octanol–water partition coefficient (Wildman–Crippen LogP) is 2.16. The molecule has 16 heavy (non-hydrogen) atoms. The van der Waals surface area contributed by atoms with Crippen LogP contribution in [-0.4, -0.2) is 40.9 Å². The summed E-state index contributed by atoms with van der Waals surface area (Å²) in [7, 11) is 0. The average Bonchev–Trinajstić information content (AvgIpc) is 2.63. The molecular weight excluding hydrogens is 206 g/mol. The van der Waals surface area contributed by atoms with Gasteiger partial charge < -0.3 is 14.7 Å². The fourth-order valence-electron chi connectivity index (χ4n) is 2.07. The van der Waals surface area contributed by atoms with Crippen LogP contribution in [0.3, 0.4) is 0 Å². The third-order valence-corrected chi connectivity index (χ3v) is 2.73. The van der Waals surface area contributed by atoms with Gasteiger partial charge in [0.2, 0.25) is 0 Å². The highest BCUT2D eigenvalue weighted by atomic mass is 16.6. The smallest absolute Gasteiger partial charge is 0.410 e. The summed E-state index contributed by atoms with van der Waals surface area (Å²) in [6.07, 6.45) is 4.08. The first-order chi connectivity index (χ1) is 7.44. The van der Waals surface area contributed by atoms with E-state index in [1.165, 1.54) is 0 Å². The number of hydrogen-bond acceptors (Lipinski definition) is 3. The maximum absolute atomic E-state index is 11.9. The van der Waals surface area contributed by atoms with Crippen molar-refractivity contribution in [3.05, 3.63) is 0 Å². The average molecular weight is 229 g/mol. The Labute approximate surface area is 97.6 Å². The molecule has 94 valence electrons. The lowest BCUT2D eigenvalue weighted by Crippen LogP contribution is -2.43. The summed E-state index contributed by atoms with van der Waals surface area (Å²) in [5.41, 5.74) is -0.469. The summed E-state index contributed by atoms with van der Waals surface area (Å²) >= 11 is 0. The van der Waals surface area contributed by atoms with Gasteiger partial charge in [-0.05, 0) is 33.6 Å².